The molecule has 0 spiro atoms. The first-order valence-electron chi connectivity index (χ1n) is 5.99. The second-order valence-corrected chi connectivity index (χ2v) is 3.36. The molecule has 1 heteroatoms. The molecular weight excluding hydrogens is 158 g/mol. The molecule has 0 fully saturated rings. The third-order valence-corrected chi connectivity index (χ3v) is 2.00. The maximum absolute atomic E-state index is 2.43. The second kappa shape index (κ2) is 14.5. The molecule has 0 radical (unpaired) electrons. The summed E-state index contributed by atoms with van der Waals surface area (Å²) >= 11 is 0. The average molecular weight is 187 g/mol. The Hall–Kier alpha value is -0.0400. The van der Waals surface area contributed by atoms with Crippen molar-refractivity contribution < 1.29 is 0 Å². The molecule has 1 nitrogen and oxygen atoms in total. The van der Waals surface area contributed by atoms with Gasteiger partial charge in [-0.2, -0.15) is 0 Å². The van der Waals surface area contributed by atoms with Crippen LogP contribution in [0.25, 0.3) is 0 Å². The summed E-state index contributed by atoms with van der Waals surface area (Å²) in [6, 6.07) is 0. The van der Waals surface area contributed by atoms with Gasteiger partial charge in [-0.3, -0.25) is 0 Å². The van der Waals surface area contributed by atoms with Gasteiger partial charge in [-0.25, -0.2) is 0 Å². The van der Waals surface area contributed by atoms with E-state index in [1.165, 1.54) is 45.2 Å². The average Bonchev–Trinajstić information content (AvgIpc) is 2.16. The number of hydrogen-bond donors (Lipinski definition) is 0. The van der Waals surface area contributed by atoms with Crippen molar-refractivity contribution in [1.29, 1.82) is 0 Å². The molecule has 0 bridgehead atoms. The lowest BCUT2D eigenvalue weighted by atomic mass is 10.2. The molecule has 0 aliphatic carbocycles. The molecule has 0 saturated carbocycles. The predicted molar refractivity (Wildman–Crippen MR) is 63.3 cm³/mol. The van der Waals surface area contributed by atoms with Crippen LogP contribution in [-0.4, -0.2) is 25.0 Å². The highest BCUT2D eigenvalue weighted by atomic mass is 15.1. The number of hydrogen-bond acceptors (Lipinski definition) is 1. The van der Waals surface area contributed by atoms with E-state index in [2.05, 4.69) is 25.8 Å². The molecule has 0 saturated heterocycles. The summed E-state index contributed by atoms with van der Waals surface area (Å²) in [5, 5.41) is 0. The van der Waals surface area contributed by atoms with Gasteiger partial charge in [0.05, 0.1) is 0 Å². The van der Waals surface area contributed by atoms with E-state index in [0.29, 0.717) is 0 Å². The molecule has 0 aliphatic rings. The lowest BCUT2D eigenvalue weighted by Gasteiger charge is -2.14. The molecule has 0 heterocycles. The van der Waals surface area contributed by atoms with Gasteiger partial charge in [0.1, 0.15) is 0 Å². The molecule has 82 valence electrons. The minimum Gasteiger partial charge on any atom is -0.306 e. The molecule has 0 amide bonds. The zero-order chi connectivity index (χ0) is 10.5. The maximum atomic E-state index is 2.43. The Morgan fingerprint density at radius 2 is 1.38 bits per heavy atom. The Balaban J connectivity index is 0. The Labute approximate surface area is 85.5 Å². The minimum absolute atomic E-state index is 1.26. The summed E-state index contributed by atoms with van der Waals surface area (Å²) in [6.07, 6.45) is 6.82. The van der Waals surface area contributed by atoms with Crippen LogP contribution in [0.5, 0.6) is 0 Å². The van der Waals surface area contributed by atoms with Crippen molar-refractivity contribution in [3.05, 3.63) is 0 Å². The highest BCUT2D eigenvalue weighted by Crippen LogP contribution is 2.00. The molecular formula is C12H29N. The van der Waals surface area contributed by atoms with Crippen molar-refractivity contribution in [2.24, 2.45) is 0 Å². The van der Waals surface area contributed by atoms with Crippen LogP contribution in [0, 0.1) is 0 Å². The fraction of sp³-hybridized carbons (Fsp3) is 1.00. The molecule has 0 N–H and O–H groups in total. The van der Waals surface area contributed by atoms with E-state index < -0.39 is 0 Å². The summed E-state index contributed by atoms with van der Waals surface area (Å²) in [5.41, 5.74) is 0. The highest BCUT2D eigenvalue weighted by Gasteiger charge is 1.94. The lowest BCUT2D eigenvalue weighted by molar-refractivity contribution is 0.325. The standard InChI is InChI=1S/C10H23N.C2H6/c1-4-6-7-8-10-11(3)9-5-2;1-2/h4-10H2,1-3H3;1-2H3. The maximum Gasteiger partial charge on any atom is -0.00218 e. The van der Waals surface area contributed by atoms with E-state index in [1.54, 1.807) is 0 Å². The van der Waals surface area contributed by atoms with Crippen LogP contribution in [0.2, 0.25) is 0 Å². The SMILES string of the molecule is CC.CCCCCCN(C)CCC. The van der Waals surface area contributed by atoms with E-state index in [0.717, 1.165) is 0 Å². The second-order valence-electron chi connectivity index (χ2n) is 3.36. The van der Waals surface area contributed by atoms with E-state index in [1.807, 2.05) is 13.8 Å². The van der Waals surface area contributed by atoms with Crippen LogP contribution in [0.4, 0.5) is 0 Å². The Morgan fingerprint density at radius 1 is 0.769 bits per heavy atom. The van der Waals surface area contributed by atoms with Crippen molar-refractivity contribution >= 4 is 0 Å². The Morgan fingerprint density at radius 3 is 1.85 bits per heavy atom. The molecule has 0 aliphatic heterocycles. The molecule has 0 atom stereocenters. The first-order chi connectivity index (χ1) is 6.31. The molecule has 0 rings (SSSR count). The van der Waals surface area contributed by atoms with Crippen molar-refractivity contribution in [1.82, 2.24) is 4.90 Å². The predicted octanol–water partition coefficient (Wildman–Crippen LogP) is 3.93. The summed E-state index contributed by atoms with van der Waals surface area (Å²) in [4.78, 5) is 2.43. The Bertz CT molecular complexity index is 71.5. The highest BCUT2D eigenvalue weighted by molar-refractivity contribution is 4.50. The minimum atomic E-state index is 1.26. The van der Waals surface area contributed by atoms with Crippen molar-refractivity contribution in [2.45, 2.75) is 59.8 Å². The van der Waals surface area contributed by atoms with Crippen molar-refractivity contribution in [2.75, 3.05) is 20.1 Å². The topological polar surface area (TPSA) is 3.24 Å². The number of unbranched alkanes of at least 4 members (excludes halogenated alkanes) is 3. The number of nitrogens with zero attached hydrogens (tertiary/aromatic N) is 1. The van der Waals surface area contributed by atoms with Gasteiger partial charge in [0, 0.05) is 0 Å². The van der Waals surface area contributed by atoms with Crippen LogP contribution < -0.4 is 0 Å². The smallest absolute Gasteiger partial charge is 0.00218 e. The quantitative estimate of drug-likeness (QED) is 0.546. The van der Waals surface area contributed by atoms with E-state index in [4.69, 9.17) is 0 Å². The van der Waals surface area contributed by atoms with E-state index >= 15 is 0 Å². The third-order valence-electron chi connectivity index (χ3n) is 2.00. The summed E-state index contributed by atoms with van der Waals surface area (Å²) < 4.78 is 0. The normalized spacial score (nSPS) is 9.69. The van der Waals surface area contributed by atoms with Gasteiger partial charge in [0.15, 0.2) is 0 Å². The summed E-state index contributed by atoms with van der Waals surface area (Å²) in [6.45, 7) is 11.0. The zero-order valence-electron chi connectivity index (χ0n) is 10.4. The largest absolute Gasteiger partial charge is 0.306 e. The van der Waals surface area contributed by atoms with Gasteiger partial charge in [-0.05, 0) is 33.0 Å². The third kappa shape index (κ3) is 14.8. The lowest BCUT2D eigenvalue weighted by Crippen LogP contribution is -2.20. The van der Waals surface area contributed by atoms with Crippen LogP contribution in [0.15, 0.2) is 0 Å². The molecule has 0 aromatic carbocycles. The first-order valence-corrected chi connectivity index (χ1v) is 5.99. The van der Waals surface area contributed by atoms with Gasteiger partial charge in [0.2, 0.25) is 0 Å². The van der Waals surface area contributed by atoms with E-state index in [9.17, 15) is 0 Å². The molecule has 13 heavy (non-hydrogen) atoms. The van der Waals surface area contributed by atoms with Gasteiger partial charge in [-0.15, -0.1) is 0 Å². The monoisotopic (exact) mass is 187 g/mol. The Kier molecular flexibility index (Phi) is 17.2. The zero-order valence-corrected chi connectivity index (χ0v) is 10.4. The van der Waals surface area contributed by atoms with Crippen LogP contribution in [-0.2, 0) is 0 Å². The van der Waals surface area contributed by atoms with Crippen molar-refractivity contribution in [3.63, 3.8) is 0 Å². The van der Waals surface area contributed by atoms with Crippen molar-refractivity contribution in [3.8, 4) is 0 Å². The van der Waals surface area contributed by atoms with Crippen LogP contribution in [0.3, 0.4) is 0 Å². The molecule has 0 unspecified atom stereocenters. The summed E-state index contributed by atoms with van der Waals surface area (Å²) in [7, 11) is 2.22. The fourth-order valence-electron chi connectivity index (χ4n) is 1.30. The van der Waals surface area contributed by atoms with Gasteiger partial charge in [0.25, 0.3) is 0 Å². The van der Waals surface area contributed by atoms with Crippen LogP contribution >= 0.6 is 0 Å². The van der Waals surface area contributed by atoms with Gasteiger partial charge >= 0.3 is 0 Å². The fourth-order valence-corrected chi connectivity index (χ4v) is 1.30. The van der Waals surface area contributed by atoms with E-state index in [-0.39, 0.29) is 0 Å². The number of rotatable bonds is 7. The molecule has 0 aromatic rings. The first kappa shape index (κ1) is 15.4. The van der Waals surface area contributed by atoms with Crippen LogP contribution in [0.1, 0.15) is 59.8 Å². The molecule has 0 aromatic heterocycles. The van der Waals surface area contributed by atoms with Gasteiger partial charge in [-0.1, -0.05) is 47.0 Å². The summed E-state index contributed by atoms with van der Waals surface area (Å²) in [5.74, 6) is 0. The van der Waals surface area contributed by atoms with Gasteiger partial charge < -0.3 is 4.90 Å².